The second-order valence-corrected chi connectivity index (χ2v) is 5.60. The molecule has 0 aromatic heterocycles. The summed E-state index contributed by atoms with van der Waals surface area (Å²) in [5.41, 5.74) is 0. The molecule has 114 valence electrons. The Hall–Kier alpha value is -1.34. The number of aliphatic carboxylic acids is 1. The van der Waals surface area contributed by atoms with Crippen molar-refractivity contribution in [1.29, 1.82) is 0 Å². The molecule has 2 saturated heterocycles. The molecule has 2 amide bonds. The van der Waals surface area contributed by atoms with Crippen molar-refractivity contribution in [3.8, 4) is 0 Å². The van der Waals surface area contributed by atoms with Gasteiger partial charge in [0, 0.05) is 19.6 Å². The zero-order chi connectivity index (χ0) is 14.5. The first-order valence-corrected chi connectivity index (χ1v) is 7.12. The van der Waals surface area contributed by atoms with E-state index in [0.717, 1.165) is 25.9 Å². The number of nitrogens with one attached hydrogen (secondary N) is 1. The van der Waals surface area contributed by atoms with Crippen LogP contribution in [0.4, 0.5) is 4.79 Å². The van der Waals surface area contributed by atoms with Crippen molar-refractivity contribution in [2.75, 3.05) is 46.4 Å². The van der Waals surface area contributed by atoms with Crippen molar-refractivity contribution in [2.24, 2.45) is 5.92 Å². The number of carbonyl (C=O) groups is 2. The second-order valence-electron chi connectivity index (χ2n) is 5.60. The fourth-order valence-corrected chi connectivity index (χ4v) is 2.77. The molecule has 0 radical (unpaired) electrons. The minimum absolute atomic E-state index is 0.117. The topological polar surface area (TPSA) is 82.1 Å². The van der Waals surface area contributed by atoms with Crippen LogP contribution in [0.3, 0.4) is 0 Å². The first-order chi connectivity index (χ1) is 9.56. The molecular formula is C13H23N3O4. The highest BCUT2D eigenvalue weighted by Gasteiger charge is 2.29. The highest BCUT2D eigenvalue weighted by Crippen LogP contribution is 2.14. The molecule has 0 aromatic rings. The Bertz CT molecular complexity index is 364. The van der Waals surface area contributed by atoms with Gasteiger partial charge in [-0.2, -0.15) is 0 Å². The summed E-state index contributed by atoms with van der Waals surface area (Å²) in [5.74, 6) is -0.537. The summed E-state index contributed by atoms with van der Waals surface area (Å²) in [6.07, 6.45) is 1.39. The van der Waals surface area contributed by atoms with Crippen LogP contribution in [0.5, 0.6) is 0 Å². The van der Waals surface area contributed by atoms with Crippen LogP contribution >= 0.6 is 0 Å². The van der Waals surface area contributed by atoms with Crippen LogP contribution in [0.15, 0.2) is 0 Å². The van der Waals surface area contributed by atoms with E-state index in [-0.39, 0.29) is 19.2 Å². The Kier molecular flexibility index (Phi) is 5.19. The van der Waals surface area contributed by atoms with Crippen molar-refractivity contribution >= 4 is 12.0 Å². The number of ether oxygens (including phenoxy) is 1. The maximum absolute atomic E-state index is 12.0. The van der Waals surface area contributed by atoms with Crippen molar-refractivity contribution in [2.45, 2.75) is 18.9 Å². The smallest absolute Gasteiger partial charge is 0.334 e. The molecule has 0 bridgehead atoms. The molecule has 2 N–H and O–H groups in total. The standard InChI is InChI=1S/C13H23N3O4/c1-15-4-2-3-10(8-15)7-14-13(19)16-5-6-20-11(9-16)12(17)18/h10-11H,2-9H2,1H3,(H,14,19)(H,17,18). The summed E-state index contributed by atoms with van der Waals surface area (Å²) in [6.45, 7) is 3.61. The quantitative estimate of drug-likeness (QED) is 0.752. The van der Waals surface area contributed by atoms with Crippen LogP contribution < -0.4 is 5.32 Å². The van der Waals surface area contributed by atoms with Gasteiger partial charge in [0.15, 0.2) is 6.10 Å². The molecule has 7 nitrogen and oxygen atoms in total. The van der Waals surface area contributed by atoms with E-state index in [9.17, 15) is 9.59 Å². The van der Waals surface area contributed by atoms with Crippen LogP contribution in [0.25, 0.3) is 0 Å². The predicted molar refractivity (Wildman–Crippen MR) is 72.6 cm³/mol. The van der Waals surface area contributed by atoms with Gasteiger partial charge in [0.2, 0.25) is 0 Å². The SMILES string of the molecule is CN1CCCC(CNC(=O)N2CCOC(C(=O)O)C2)C1. The van der Waals surface area contributed by atoms with E-state index in [0.29, 0.717) is 19.0 Å². The fourth-order valence-electron chi connectivity index (χ4n) is 2.77. The molecular weight excluding hydrogens is 262 g/mol. The van der Waals surface area contributed by atoms with E-state index in [2.05, 4.69) is 17.3 Å². The highest BCUT2D eigenvalue weighted by atomic mass is 16.5. The molecule has 2 atom stereocenters. The number of rotatable bonds is 3. The van der Waals surface area contributed by atoms with Gasteiger partial charge in [-0.15, -0.1) is 0 Å². The first-order valence-electron chi connectivity index (χ1n) is 7.12. The number of urea groups is 1. The van der Waals surface area contributed by atoms with E-state index in [4.69, 9.17) is 9.84 Å². The number of morpholine rings is 1. The lowest BCUT2D eigenvalue weighted by atomic mass is 9.99. The molecule has 0 saturated carbocycles. The third-order valence-electron chi connectivity index (χ3n) is 3.89. The van der Waals surface area contributed by atoms with Gasteiger partial charge in [-0.1, -0.05) is 0 Å². The Morgan fingerprint density at radius 2 is 2.15 bits per heavy atom. The molecule has 0 spiro atoms. The minimum Gasteiger partial charge on any atom is -0.479 e. The maximum atomic E-state index is 12.0. The summed E-state index contributed by atoms with van der Waals surface area (Å²) < 4.78 is 5.10. The zero-order valence-corrected chi connectivity index (χ0v) is 11.9. The van der Waals surface area contributed by atoms with Gasteiger partial charge in [-0.25, -0.2) is 9.59 Å². The van der Waals surface area contributed by atoms with Crippen molar-refractivity contribution < 1.29 is 19.4 Å². The third-order valence-corrected chi connectivity index (χ3v) is 3.89. The number of nitrogens with zero attached hydrogens (tertiary/aromatic N) is 2. The second kappa shape index (κ2) is 6.90. The molecule has 7 heteroatoms. The van der Waals surface area contributed by atoms with E-state index in [1.54, 1.807) is 0 Å². The Labute approximate surface area is 118 Å². The third kappa shape index (κ3) is 4.08. The van der Waals surface area contributed by atoms with E-state index < -0.39 is 12.1 Å². The maximum Gasteiger partial charge on any atom is 0.334 e. The van der Waals surface area contributed by atoms with Crippen LogP contribution in [-0.2, 0) is 9.53 Å². The van der Waals surface area contributed by atoms with Crippen molar-refractivity contribution in [3.05, 3.63) is 0 Å². The summed E-state index contributed by atoms with van der Waals surface area (Å²) in [6, 6.07) is -0.187. The minimum atomic E-state index is -1.02. The number of hydrogen-bond acceptors (Lipinski definition) is 4. The van der Waals surface area contributed by atoms with Crippen LogP contribution in [0.1, 0.15) is 12.8 Å². The van der Waals surface area contributed by atoms with Gasteiger partial charge in [0.1, 0.15) is 0 Å². The van der Waals surface area contributed by atoms with Gasteiger partial charge < -0.3 is 25.0 Å². The van der Waals surface area contributed by atoms with Crippen molar-refractivity contribution in [3.63, 3.8) is 0 Å². The molecule has 0 aliphatic carbocycles. The lowest BCUT2D eigenvalue weighted by Crippen LogP contribution is -2.52. The lowest BCUT2D eigenvalue weighted by molar-refractivity contribution is -0.154. The molecule has 2 rings (SSSR count). The summed E-state index contributed by atoms with van der Waals surface area (Å²) in [5, 5.41) is 11.8. The average molecular weight is 285 g/mol. The number of carbonyl (C=O) groups excluding carboxylic acids is 1. The van der Waals surface area contributed by atoms with Gasteiger partial charge >= 0.3 is 12.0 Å². The number of likely N-dealkylation sites (tertiary alicyclic amines) is 1. The monoisotopic (exact) mass is 285 g/mol. The summed E-state index contributed by atoms with van der Waals surface area (Å²) >= 11 is 0. The van der Waals surface area contributed by atoms with Gasteiger partial charge in [0.25, 0.3) is 0 Å². The van der Waals surface area contributed by atoms with E-state index in [1.165, 1.54) is 4.90 Å². The molecule has 20 heavy (non-hydrogen) atoms. The Morgan fingerprint density at radius 1 is 1.35 bits per heavy atom. The largest absolute Gasteiger partial charge is 0.479 e. The average Bonchev–Trinajstić information content (AvgIpc) is 2.45. The van der Waals surface area contributed by atoms with Crippen LogP contribution in [0.2, 0.25) is 0 Å². The van der Waals surface area contributed by atoms with E-state index in [1.807, 2.05) is 0 Å². The number of hydrogen-bond donors (Lipinski definition) is 2. The lowest BCUT2D eigenvalue weighted by Gasteiger charge is -2.33. The molecule has 2 fully saturated rings. The van der Waals surface area contributed by atoms with Crippen LogP contribution in [-0.4, -0.2) is 79.4 Å². The summed E-state index contributed by atoms with van der Waals surface area (Å²) in [4.78, 5) is 26.7. The Morgan fingerprint density at radius 3 is 2.85 bits per heavy atom. The number of amides is 2. The van der Waals surface area contributed by atoms with Gasteiger partial charge in [0.05, 0.1) is 13.2 Å². The normalized spacial score (nSPS) is 28.1. The molecule has 2 aliphatic heterocycles. The van der Waals surface area contributed by atoms with Gasteiger partial charge in [-0.05, 0) is 32.4 Å². The number of carboxylic acids is 1. The predicted octanol–water partition coefficient (Wildman–Crippen LogP) is -0.177. The number of carboxylic acid groups (broad SMARTS) is 1. The fraction of sp³-hybridized carbons (Fsp3) is 0.846. The molecule has 2 unspecified atom stereocenters. The van der Waals surface area contributed by atoms with E-state index >= 15 is 0 Å². The molecule has 0 aromatic carbocycles. The first kappa shape index (κ1) is 15.1. The summed E-state index contributed by atoms with van der Waals surface area (Å²) in [7, 11) is 2.09. The van der Waals surface area contributed by atoms with Gasteiger partial charge in [-0.3, -0.25) is 0 Å². The Balaban J connectivity index is 1.75. The number of piperidine rings is 1. The molecule has 2 aliphatic rings. The molecule has 2 heterocycles. The van der Waals surface area contributed by atoms with Crippen molar-refractivity contribution in [1.82, 2.24) is 15.1 Å². The zero-order valence-electron chi connectivity index (χ0n) is 11.9. The van der Waals surface area contributed by atoms with Crippen LogP contribution in [0, 0.1) is 5.92 Å². The highest BCUT2D eigenvalue weighted by molar-refractivity contribution is 5.77.